The van der Waals surface area contributed by atoms with E-state index in [1.165, 1.54) is 27.9 Å². The van der Waals surface area contributed by atoms with Gasteiger partial charge in [-0.1, -0.05) is 85.0 Å². The Bertz CT molecular complexity index is 1210. The van der Waals surface area contributed by atoms with Crippen molar-refractivity contribution in [1.29, 1.82) is 0 Å². The molecule has 1 aliphatic heterocycles. The van der Waals surface area contributed by atoms with Crippen LogP contribution >= 0.6 is 11.6 Å². The van der Waals surface area contributed by atoms with E-state index in [9.17, 15) is 0 Å². The summed E-state index contributed by atoms with van der Waals surface area (Å²) < 4.78 is 6.91. The Morgan fingerprint density at radius 1 is 0.970 bits per heavy atom. The third-order valence-corrected chi connectivity index (χ3v) is 9.14. The van der Waals surface area contributed by atoms with Crippen LogP contribution in [0.25, 0.3) is 0 Å². The van der Waals surface area contributed by atoms with Gasteiger partial charge in [-0.05, 0) is 65.5 Å². The largest absolute Gasteiger partial charge is 0.364 e. The van der Waals surface area contributed by atoms with Gasteiger partial charge in [0.2, 0.25) is 0 Å². The van der Waals surface area contributed by atoms with Crippen molar-refractivity contribution in [2.45, 2.75) is 55.1 Å². The first-order valence-corrected chi connectivity index (χ1v) is 12.9. The van der Waals surface area contributed by atoms with E-state index >= 15 is 0 Å². The monoisotopic (exact) mass is 452 g/mol. The number of hydrogen-bond donors (Lipinski definition) is 0. The highest BCUT2D eigenvalue weighted by molar-refractivity contribution is 6.21. The minimum Gasteiger partial charge on any atom is -0.364 e. The Labute approximate surface area is 201 Å². The first-order chi connectivity index (χ1) is 16.3. The van der Waals surface area contributed by atoms with Crippen molar-refractivity contribution in [2.75, 3.05) is 0 Å². The zero-order valence-corrected chi connectivity index (χ0v) is 19.5. The molecule has 0 aromatic heterocycles. The van der Waals surface area contributed by atoms with Gasteiger partial charge in [-0.25, -0.2) is 0 Å². The Hall–Kier alpha value is -2.35. The van der Waals surface area contributed by atoms with E-state index in [0.29, 0.717) is 11.8 Å². The van der Waals surface area contributed by atoms with Gasteiger partial charge in [0.15, 0.2) is 0 Å². The normalized spacial score (nSPS) is 38.2. The molecule has 33 heavy (non-hydrogen) atoms. The summed E-state index contributed by atoms with van der Waals surface area (Å²) in [4.78, 5) is 0. The highest BCUT2D eigenvalue weighted by Crippen LogP contribution is 2.63. The fraction of sp³-hybridized carbons (Fsp3) is 0.355. The molecule has 1 saturated heterocycles. The van der Waals surface area contributed by atoms with Crippen LogP contribution in [0, 0.1) is 11.8 Å². The minimum absolute atomic E-state index is 0.0346. The number of benzene rings is 1. The first kappa shape index (κ1) is 20.1. The van der Waals surface area contributed by atoms with Crippen molar-refractivity contribution < 1.29 is 4.74 Å². The van der Waals surface area contributed by atoms with Crippen LogP contribution in [-0.4, -0.2) is 17.6 Å². The maximum atomic E-state index is 6.91. The van der Waals surface area contributed by atoms with Gasteiger partial charge in [0.05, 0.1) is 23.0 Å². The van der Waals surface area contributed by atoms with Crippen molar-refractivity contribution in [3.8, 4) is 0 Å². The number of hydrogen-bond acceptors (Lipinski definition) is 1. The molecule has 6 atom stereocenters. The molecule has 7 rings (SSSR count). The Kier molecular flexibility index (Phi) is 4.61. The predicted octanol–water partition coefficient (Wildman–Crippen LogP) is 7.29. The van der Waals surface area contributed by atoms with E-state index in [1.54, 1.807) is 5.57 Å². The number of fused-ring (bicyclic) bond motifs is 5. The lowest BCUT2D eigenvalue weighted by Crippen LogP contribution is -2.43. The smallest absolute Gasteiger partial charge is 0.0964 e. The summed E-state index contributed by atoms with van der Waals surface area (Å²) >= 11 is 6.81. The second-order valence-electron chi connectivity index (χ2n) is 10.2. The van der Waals surface area contributed by atoms with Crippen LogP contribution in [0.3, 0.4) is 0 Å². The van der Waals surface area contributed by atoms with Crippen molar-refractivity contribution in [3.05, 3.63) is 118 Å². The van der Waals surface area contributed by atoms with Gasteiger partial charge in [-0.3, -0.25) is 0 Å². The molecule has 6 unspecified atom stereocenters. The van der Waals surface area contributed by atoms with Crippen LogP contribution in [0.5, 0.6) is 0 Å². The van der Waals surface area contributed by atoms with Crippen molar-refractivity contribution >= 4 is 11.6 Å². The van der Waals surface area contributed by atoms with E-state index in [-0.39, 0.29) is 23.0 Å². The van der Waals surface area contributed by atoms with Gasteiger partial charge in [0, 0.05) is 11.8 Å². The molecule has 5 aliphatic carbocycles. The predicted molar refractivity (Wildman–Crippen MR) is 135 cm³/mol. The second kappa shape index (κ2) is 7.58. The molecule has 166 valence electrons. The molecular formula is C31H29ClO. The zero-order chi connectivity index (χ0) is 22.0. The summed E-state index contributed by atoms with van der Waals surface area (Å²) in [5, 5.41) is 0.0685. The van der Waals surface area contributed by atoms with Crippen molar-refractivity contribution in [3.63, 3.8) is 0 Å². The highest BCUT2D eigenvalue weighted by Gasteiger charge is 2.58. The summed E-state index contributed by atoms with van der Waals surface area (Å²) in [7, 11) is 0. The van der Waals surface area contributed by atoms with E-state index < -0.39 is 0 Å². The average molecular weight is 453 g/mol. The van der Waals surface area contributed by atoms with Gasteiger partial charge in [0.1, 0.15) is 0 Å². The maximum absolute atomic E-state index is 6.91. The molecule has 6 aliphatic rings. The van der Waals surface area contributed by atoms with Gasteiger partial charge in [-0.2, -0.15) is 0 Å². The highest BCUT2D eigenvalue weighted by atomic mass is 35.5. The second-order valence-corrected chi connectivity index (χ2v) is 10.7. The van der Waals surface area contributed by atoms with E-state index in [1.807, 2.05) is 0 Å². The Morgan fingerprint density at radius 3 is 2.79 bits per heavy atom. The molecule has 0 amide bonds. The maximum Gasteiger partial charge on any atom is 0.0964 e. The van der Waals surface area contributed by atoms with Gasteiger partial charge >= 0.3 is 0 Å². The minimum atomic E-state index is -0.201. The summed E-state index contributed by atoms with van der Waals surface area (Å²) in [6.07, 6.45) is 26.7. The number of rotatable bonds is 2. The molecule has 1 fully saturated rings. The van der Waals surface area contributed by atoms with Crippen molar-refractivity contribution in [1.82, 2.24) is 0 Å². The zero-order valence-electron chi connectivity index (χ0n) is 18.8. The quantitative estimate of drug-likeness (QED) is 0.338. The molecule has 0 bridgehead atoms. The van der Waals surface area contributed by atoms with Crippen LogP contribution in [0.4, 0.5) is 0 Å². The lowest BCUT2D eigenvalue weighted by Gasteiger charge is -2.45. The van der Waals surface area contributed by atoms with Crippen LogP contribution in [0.1, 0.15) is 37.7 Å². The molecule has 1 aromatic carbocycles. The average Bonchev–Trinajstić information content (AvgIpc) is 3.40. The molecule has 2 heteroatoms. The van der Waals surface area contributed by atoms with E-state index in [2.05, 4.69) is 85.0 Å². The molecule has 1 heterocycles. The molecule has 0 spiro atoms. The van der Waals surface area contributed by atoms with Crippen LogP contribution in [0.15, 0.2) is 113 Å². The standard InChI is InChI=1S/C31H29ClO/c32-28-19-9-15-24-23-14-8-18-27(29(23)33-30(24)28)31(20-10-2-1-3-11-20)25-16-6-4-12-21(25)22-13-5-7-17-26(22)31/h1-4,6-8,10-12,14-15,17-18,23,25,28-30H,5,9,13,16,19H2. The molecule has 0 saturated carbocycles. The SMILES string of the molecule is ClC1CCC=C2C3C=CC=C(C4(c5ccccc5)C5=C(CCC=C5)C5=CC=CCC54)C3OC21. The Balaban J connectivity index is 1.47. The molecule has 0 N–H and O–H groups in total. The third-order valence-electron chi connectivity index (χ3n) is 8.69. The van der Waals surface area contributed by atoms with Gasteiger partial charge in [0.25, 0.3) is 0 Å². The van der Waals surface area contributed by atoms with Crippen LogP contribution < -0.4 is 0 Å². The summed E-state index contributed by atoms with van der Waals surface area (Å²) in [5.74, 6) is 0.698. The summed E-state index contributed by atoms with van der Waals surface area (Å²) in [6, 6.07) is 11.2. The molecule has 1 aromatic rings. The van der Waals surface area contributed by atoms with Gasteiger partial charge < -0.3 is 4.74 Å². The molecule has 1 nitrogen and oxygen atoms in total. The Morgan fingerprint density at radius 2 is 1.88 bits per heavy atom. The molecular weight excluding hydrogens is 424 g/mol. The lowest BCUT2D eigenvalue weighted by atomic mass is 9.58. The number of alkyl halides is 1. The topological polar surface area (TPSA) is 9.23 Å². The fourth-order valence-corrected chi connectivity index (χ4v) is 7.78. The van der Waals surface area contributed by atoms with E-state index in [0.717, 1.165) is 32.1 Å². The first-order valence-electron chi connectivity index (χ1n) is 12.5. The molecule has 0 radical (unpaired) electrons. The number of halogens is 1. The summed E-state index contributed by atoms with van der Waals surface area (Å²) in [5.41, 5.74) is 8.61. The number of ether oxygens (including phenoxy) is 1. The van der Waals surface area contributed by atoms with E-state index in [4.69, 9.17) is 16.3 Å². The van der Waals surface area contributed by atoms with Crippen molar-refractivity contribution in [2.24, 2.45) is 11.8 Å². The van der Waals surface area contributed by atoms with Crippen LogP contribution in [0.2, 0.25) is 0 Å². The lowest BCUT2D eigenvalue weighted by molar-refractivity contribution is 0.0521. The third kappa shape index (κ3) is 2.70. The van der Waals surface area contributed by atoms with Gasteiger partial charge in [-0.15, -0.1) is 11.6 Å². The summed E-state index contributed by atoms with van der Waals surface area (Å²) in [6.45, 7) is 0. The fourth-order valence-electron chi connectivity index (χ4n) is 7.45. The number of allylic oxidation sites excluding steroid dienone is 11. The van der Waals surface area contributed by atoms with Crippen LogP contribution in [-0.2, 0) is 10.2 Å².